The van der Waals surface area contributed by atoms with Crippen molar-refractivity contribution in [1.82, 2.24) is 0 Å². The molecule has 1 spiro atoms. The topological polar surface area (TPSA) is 15.3 Å². The number of rotatable bonds is 2. The first-order chi connectivity index (χ1) is 24.7. The van der Waals surface area contributed by atoms with Crippen LogP contribution in [-0.4, -0.2) is 7.28 Å². The van der Waals surface area contributed by atoms with Crippen molar-refractivity contribution < 1.29 is 0 Å². The van der Waals surface area contributed by atoms with E-state index in [1.807, 2.05) is 11.3 Å². The van der Waals surface area contributed by atoms with E-state index in [-0.39, 0.29) is 0 Å². The minimum atomic E-state index is -0.432. The highest BCUT2D eigenvalue weighted by atomic mass is 32.1. The molecule has 3 aliphatic rings. The average molecular weight is 655 g/mol. The molecular weight excluding hydrogens is 623 g/mol. The molecule has 0 amide bonds. The van der Waals surface area contributed by atoms with E-state index in [1.54, 1.807) is 0 Å². The Kier molecular flexibility index (Phi) is 5.80. The highest BCUT2D eigenvalue weighted by molar-refractivity contribution is 7.29. The molecule has 2 nitrogen and oxygen atoms in total. The van der Waals surface area contributed by atoms with Crippen LogP contribution in [0.4, 0.5) is 28.4 Å². The maximum Gasteiger partial charge on any atom is 0.211 e. The number of hydrogen-bond donors (Lipinski definition) is 1. The van der Waals surface area contributed by atoms with E-state index in [4.69, 9.17) is 0 Å². The van der Waals surface area contributed by atoms with Gasteiger partial charge in [-0.15, -0.1) is 11.3 Å². The molecule has 0 saturated carbocycles. The van der Waals surface area contributed by atoms with E-state index in [0.717, 1.165) is 13.0 Å². The Labute approximate surface area is 296 Å². The van der Waals surface area contributed by atoms with E-state index in [2.05, 4.69) is 175 Å². The van der Waals surface area contributed by atoms with Gasteiger partial charge in [-0.05, 0) is 92.0 Å². The normalized spacial score (nSPS) is 14.1. The number of para-hydroxylation sites is 3. The summed E-state index contributed by atoms with van der Waals surface area (Å²) in [6.07, 6.45) is 0. The lowest BCUT2D eigenvalue weighted by Crippen LogP contribution is -2.39. The van der Waals surface area contributed by atoms with Crippen molar-refractivity contribution in [3.05, 3.63) is 186 Å². The molecule has 3 heterocycles. The van der Waals surface area contributed by atoms with Crippen LogP contribution in [0.5, 0.6) is 0 Å². The summed E-state index contributed by atoms with van der Waals surface area (Å²) in [5.74, 6) is 0. The van der Waals surface area contributed by atoms with Crippen LogP contribution in [-0.2, 0) is 5.41 Å². The molecule has 50 heavy (non-hydrogen) atoms. The summed E-state index contributed by atoms with van der Waals surface area (Å²) in [4.78, 5) is 2.52. The van der Waals surface area contributed by atoms with E-state index in [1.165, 1.54) is 93.1 Å². The standard InChI is InChI=1S/C46H31BN2S/c1-28-26-34(42-40(27-28)49(29-14-3-2-4-15-29)44-33-18-7-12-25-41(33)50-45(44)47-42)32-19-13-23-38-43(32)48-39-24-11-10-22-37(39)46(38)35-20-8-5-16-30(35)31-17-6-9-21-36(31)46/h2-27,47-48H,1H3. The van der Waals surface area contributed by atoms with Gasteiger partial charge in [0.2, 0.25) is 7.28 Å². The zero-order valence-corrected chi connectivity index (χ0v) is 28.4. The Balaban J connectivity index is 1.21. The van der Waals surface area contributed by atoms with Gasteiger partial charge in [-0.1, -0.05) is 127 Å². The summed E-state index contributed by atoms with van der Waals surface area (Å²) in [6, 6.07) is 58.6. The Bertz CT molecular complexity index is 2650. The number of benzene rings is 7. The summed E-state index contributed by atoms with van der Waals surface area (Å²) in [5.41, 5.74) is 18.8. The Hall–Kier alpha value is -5.84. The van der Waals surface area contributed by atoms with Crippen molar-refractivity contribution >= 4 is 67.4 Å². The lowest BCUT2D eigenvalue weighted by atomic mass is 9.61. The molecule has 11 rings (SSSR count). The molecule has 234 valence electrons. The Morgan fingerprint density at radius 2 is 1.22 bits per heavy atom. The third-order valence-corrected chi connectivity index (χ3v) is 12.3. The largest absolute Gasteiger partial charge is 0.354 e. The van der Waals surface area contributed by atoms with Crippen LogP contribution in [0.2, 0.25) is 0 Å². The molecule has 1 aliphatic carbocycles. The van der Waals surface area contributed by atoms with Crippen molar-refractivity contribution in [1.29, 1.82) is 0 Å². The van der Waals surface area contributed by atoms with E-state index >= 15 is 0 Å². The van der Waals surface area contributed by atoms with Crippen LogP contribution in [0.15, 0.2) is 158 Å². The van der Waals surface area contributed by atoms with Gasteiger partial charge in [0.15, 0.2) is 0 Å². The smallest absolute Gasteiger partial charge is 0.211 e. The minimum absolute atomic E-state index is 0.432. The lowest BCUT2D eigenvalue weighted by Gasteiger charge is -2.41. The van der Waals surface area contributed by atoms with E-state index < -0.39 is 5.41 Å². The highest BCUT2D eigenvalue weighted by Gasteiger charge is 2.50. The van der Waals surface area contributed by atoms with Gasteiger partial charge in [0.05, 0.1) is 16.8 Å². The van der Waals surface area contributed by atoms with E-state index in [0.29, 0.717) is 0 Å². The molecule has 2 aliphatic heterocycles. The number of thiophene rings is 1. The predicted molar refractivity (Wildman–Crippen MR) is 214 cm³/mol. The molecule has 0 unspecified atom stereocenters. The number of aryl methyl sites for hydroxylation is 1. The summed E-state index contributed by atoms with van der Waals surface area (Å²) < 4.78 is 2.74. The molecule has 1 N–H and O–H groups in total. The van der Waals surface area contributed by atoms with Crippen LogP contribution in [0, 0.1) is 6.92 Å². The van der Waals surface area contributed by atoms with Crippen molar-refractivity contribution in [2.75, 3.05) is 10.2 Å². The van der Waals surface area contributed by atoms with E-state index in [9.17, 15) is 0 Å². The quantitative estimate of drug-likeness (QED) is 0.187. The number of nitrogens with one attached hydrogen (secondary N) is 1. The second-order valence-electron chi connectivity index (χ2n) is 13.8. The van der Waals surface area contributed by atoms with Crippen molar-refractivity contribution in [3.8, 4) is 22.3 Å². The zero-order valence-electron chi connectivity index (χ0n) is 27.6. The summed E-state index contributed by atoms with van der Waals surface area (Å²) >= 11 is 1.93. The molecule has 1 aromatic heterocycles. The van der Waals surface area contributed by atoms with Gasteiger partial charge in [-0.2, -0.15) is 0 Å². The third kappa shape index (κ3) is 3.64. The lowest BCUT2D eigenvalue weighted by molar-refractivity contribution is 0.763. The molecule has 0 bridgehead atoms. The first-order valence-corrected chi connectivity index (χ1v) is 18.2. The van der Waals surface area contributed by atoms with Gasteiger partial charge < -0.3 is 10.2 Å². The molecule has 8 aromatic rings. The molecule has 0 atom stereocenters. The fourth-order valence-electron chi connectivity index (χ4n) is 9.23. The fraction of sp³-hybridized carbons (Fsp3) is 0.0435. The van der Waals surface area contributed by atoms with Gasteiger partial charge in [-0.3, -0.25) is 0 Å². The van der Waals surface area contributed by atoms with Gasteiger partial charge in [0.1, 0.15) is 0 Å². The van der Waals surface area contributed by atoms with Gasteiger partial charge in [-0.25, -0.2) is 0 Å². The maximum absolute atomic E-state index is 4.02. The van der Waals surface area contributed by atoms with Crippen LogP contribution < -0.4 is 20.5 Å². The van der Waals surface area contributed by atoms with Crippen LogP contribution in [0.1, 0.15) is 27.8 Å². The first kappa shape index (κ1) is 28.0. The second-order valence-corrected chi connectivity index (χ2v) is 14.9. The third-order valence-electron chi connectivity index (χ3n) is 11.1. The SMILES string of the molecule is Cc1cc(-c2cccc3c2Nc2ccccc2C32c3ccccc3-c3ccccc32)c2c(c1)N(c1ccccc1)c1c(sc3ccccc13)B2. The molecule has 0 saturated heterocycles. The summed E-state index contributed by atoms with van der Waals surface area (Å²) in [7, 11) is 0.889. The monoisotopic (exact) mass is 654 g/mol. The Morgan fingerprint density at radius 3 is 2.02 bits per heavy atom. The fourth-order valence-corrected chi connectivity index (χ4v) is 10.4. The number of fused-ring (bicyclic) bond motifs is 13. The van der Waals surface area contributed by atoms with Gasteiger partial charge in [0.25, 0.3) is 0 Å². The zero-order chi connectivity index (χ0) is 33.0. The molecule has 0 fully saturated rings. The van der Waals surface area contributed by atoms with Gasteiger partial charge in [0, 0.05) is 32.7 Å². The number of hydrogen-bond acceptors (Lipinski definition) is 3. The molecule has 0 radical (unpaired) electrons. The van der Waals surface area contributed by atoms with Crippen molar-refractivity contribution in [2.24, 2.45) is 0 Å². The average Bonchev–Trinajstić information content (AvgIpc) is 3.68. The molecule has 7 aromatic carbocycles. The van der Waals surface area contributed by atoms with Crippen molar-refractivity contribution in [2.45, 2.75) is 12.3 Å². The maximum atomic E-state index is 4.02. The molecular formula is C46H31BN2S. The van der Waals surface area contributed by atoms with Crippen LogP contribution >= 0.6 is 11.3 Å². The predicted octanol–water partition coefficient (Wildman–Crippen LogP) is 10.5. The van der Waals surface area contributed by atoms with Crippen LogP contribution in [0.3, 0.4) is 0 Å². The second kappa shape index (κ2) is 10.3. The number of nitrogens with zero attached hydrogens (tertiary/aromatic N) is 1. The first-order valence-electron chi connectivity index (χ1n) is 17.4. The van der Waals surface area contributed by atoms with Crippen LogP contribution in [0.25, 0.3) is 32.3 Å². The minimum Gasteiger partial charge on any atom is -0.354 e. The number of anilines is 5. The summed E-state index contributed by atoms with van der Waals surface area (Å²) in [6.45, 7) is 2.25. The highest BCUT2D eigenvalue weighted by Crippen LogP contribution is 2.62. The van der Waals surface area contributed by atoms with Gasteiger partial charge >= 0.3 is 0 Å². The molecule has 4 heteroatoms. The van der Waals surface area contributed by atoms with Crippen molar-refractivity contribution in [3.63, 3.8) is 0 Å². The summed E-state index contributed by atoms with van der Waals surface area (Å²) in [5, 5.41) is 5.34. The Morgan fingerprint density at radius 1 is 0.580 bits per heavy atom.